The highest BCUT2D eigenvalue weighted by molar-refractivity contribution is 5.92. The molecular formula is C28H29N7O3. The van der Waals surface area contributed by atoms with Gasteiger partial charge in [0.15, 0.2) is 11.5 Å². The molecule has 0 atom stereocenters. The molecule has 0 aromatic carbocycles. The minimum Gasteiger partial charge on any atom is -0.453 e. The number of rotatable bonds is 6. The largest absolute Gasteiger partial charge is 0.453 e. The van der Waals surface area contributed by atoms with E-state index in [0.717, 1.165) is 43.8 Å². The lowest BCUT2D eigenvalue weighted by Gasteiger charge is -2.41. The highest BCUT2D eigenvalue weighted by Gasteiger charge is 2.34. The molecule has 10 heteroatoms. The average Bonchev–Trinajstić information content (AvgIpc) is 3.66. The van der Waals surface area contributed by atoms with Crippen LogP contribution in [0.4, 0.5) is 11.5 Å². The fraction of sp³-hybridized carbons (Fsp3) is 0.464. The van der Waals surface area contributed by atoms with Gasteiger partial charge in [-0.3, -0.25) is 4.79 Å². The number of anilines is 2. The first-order chi connectivity index (χ1) is 18.5. The number of aromatic nitrogens is 3. The van der Waals surface area contributed by atoms with Crippen molar-refractivity contribution in [2.45, 2.75) is 50.6 Å². The van der Waals surface area contributed by atoms with Crippen LogP contribution in [0, 0.1) is 28.6 Å². The molecule has 0 unspecified atom stereocenters. The van der Waals surface area contributed by atoms with Gasteiger partial charge in [0, 0.05) is 38.8 Å². The van der Waals surface area contributed by atoms with Gasteiger partial charge in [-0.1, -0.05) is 0 Å². The number of hydrogen-bond donors (Lipinski definition) is 0. The number of nitrogens with zero attached hydrogens (tertiary/aromatic N) is 7. The van der Waals surface area contributed by atoms with Gasteiger partial charge in [-0.15, -0.1) is 0 Å². The van der Waals surface area contributed by atoms with Crippen molar-refractivity contribution in [3.63, 3.8) is 0 Å². The molecule has 194 valence electrons. The molecule has 10 nitrogen and oxygen atoms in total. The standard InChI is InChI=1S/C28H29N7O3/c1-33(27-21(13-30)28(36)34(2)22-10-5-18(12-29)32-26(22)27)19-6-8-20(9-7-19)35(15-17-3-4-17)25-11-23-24(14-31-25)38-16-37-23/h5,10-11,14,17,19-20H,3-4,6-9,15-16H2,1-2H3/t19-,20+. The van der Waals surface area contributed by atoms with Crippen molar-refractivity contribution in [1.29, 1.82) is 10.5 Å². The van der Waals surface area contributed by atoms with Gasteiger partial charge >= 0.3 is 0 Å². The zero-order valence-corrected chi connectivity index (χ0v) is 21.6. The van der Waals surface area contributed by atoms with E-state index in [2.05, 4.69) is 22.0 Å². The summed E-state index contributed by atoms with van der Waals surface area (Å²) in [5.41, 5.74) is 1.59. The second-order valence-electron chi connectivity index (χ2n) is 10.4. The van der Waals surface area contributed by atoms with E-state index in [1.54, 1.807) is 25.4 Å². The summed E-state index contributed by atoms with van der Waals surface area (Å²) in [6.07, 6.45) is 7.97. The van der Waals surface area contributed by atoms with E-state index in [1.165, 1.54) is 17.4 Å². The van der Waals surface area contributed by atoms with Crippen LogP contribution >= 0.6 is 0 Å². The van der Waals surface area contributed by atoms with Crippen LogP contribution in [0.15, 0.2) is 29.2 Å². The average molecular weight is 512 g/mol. The summed E-state index contributed by atoms with van der Waals surface area (Å²) in [6.45, 7) is 1.21. The van der Waals surface area contributed by atoms with Gasteiger partial charge in [-0.2, -0.15) is 10.5 Å². The molecule has 3 aromatic heterocycles. The lowest BCUT2D eigenvalue weighted by Crippen LogP contribution is -2.45. The van der Waals surface area contributed by atoms with Gasteiger partial charge in [-0.05, 0) is 56.6 Å². The Bertz CT molecular complexity index is 1540. The van der Waals surface area contributed by atoms with E-state index in [0.29, 0.717) is 34.4 Å². The molecule has 6 rings (SSSR count). The number of nitriles is 2. The molecule has 2 saturated carbocycles. The Hall–Kier alpha value is -4.31. The van der Waals surface area contributed by atoms with Crippen LogP contribution < -0.4 is 24.8 Å². The van der Waals surface area contributed by atoms with Crippen LogP contribution in [0.3, 0.4) is 0 Å². The maximum absolute atomic E-state index is 13.1. The molecule has 0 spiro atoms. The van der Waals surface area contributed by atoms with Crippen molar-refractivity contribution >= 4 is 22.5 Å². The normalized spacial score (nSPS) is 20.1. The SMILES string of the molecule is Cn1c(=O)c(C#N)c(N(C)[C@H]2CC[C@@H](N(CC3CC3)c3cc4c(cn3)OCO4)CC2)c2nc(C#N)ccc21. The Morgan fingerprint density at radius 3 is 2.50 bits per heavy atom. The van der Waals surface area contributed by atoms with Crippen LogP contribution in [0.5, 0.6) is 11.5 Å². The summed E-state index contributed by atoms with van der Waals surface area (Å²) in [7, 11) is 3.56. The summed E-state index contributed by atoms with van der Waals surface area (Å²) in [6, 6.07) is 9.99. The summed E-state index contributed by atoms with van der Waals surface area (Å²) < 4.78 is 12.5. The number of fused-ring (bicyclic) bond motifs is 2. The van der Waals surface area contributed by atoms with Crippen LogP contribution in [-0.2, 0) is 7.05 Å². The molecule has 1 aliphatic heterocycles. The minimum absolute atomic E-state index is 0.0622. The van der Waals surface area contributed by atoms with E-state index in [9.17, 15) is 15.3 Å². The van der Waals surface area contributed by atoms with Gasteiger partial charge in [0.2, 0.25) is 6.79 Å². The van der Waals surface area contributed by atoms with Crippen molar-refractivity contribution in [1.82, 2.24) is 14.5 Å². The topological polar surface area (TPSA) is 120 Å². The van der Waals surface area contributed by atoms with E-state index < -0.39 is 0 Å². The number of aryl methyl sites for hydroxylation is 1. The third-order valence-electron chi connectivity index (χ3n) is 8.14. The third kappa shape index (κ3) is 4.16. The van der Waals surface area contributed by atoms with Gasteiger partial charge in [-0.25, -0.2) is 9.97 Å². The molecule has 0 radical (unpaired) electrons. The lowest BCUT2D eigenvalue weighted by molar-refractivity contribution is 0.174. The predicted octanol–water partition coefficient (Wildman–Crippen LogP) is 3.46. The van der Waals surface area contributed by atoms with Crippen molar-refractivity contribution in [2.24, 2.45) is 13.0 Å². The fourth-order valence-corrected chi connectivity index (χ4v) is 5.80. The summed E-state index contributed by atoms with van der Waals surface area (Å²) in [5.74, 6) is 3.06. The Morgan fingerprint density at radius 1 is 1.05 bits per heavy atom. The highest BCUT2D eigenvalue weighted by atomic mass is 16.7. The van der Waals surface area contributed by atoms with Crippen LogP contribution in [0.2, 0.25) is 0 Å². The Labute approximate surface area is 220 Å². The van der Waals surface area contributed by atoms with Crippen LogP contribution in [0.1, 0.15) is 49.8 Å². The van der Waals surface area contributed by atoms with Crippen molar-refractivity contribution in [3.8, 4) is 23.6 Å². The molecule has 2 aliphatic carbocycles. The third-order valence-corrected chi connectivity index (χ3v) is 8.14. The quantitative estimate of drug-likeness (QED) is 0.490. The van der Waals surface area contributed by atoms with Gasteiger partial charge in [0.25, 0.3) is 5.56 Å². The number of hydrogen-bond acceptors (Lipinski definition) is 9. The molecule has 0 bridgehead atoms. The first-order valence-electron chi connectivity index (χ1n) is 13.1. The zero-order valence-electron chi connectivity index (χ0n) is 21.6. The molecule has 38 heavy (non-hydrogen) atoms. The Kier molecular flexibility index (Phi) is 6.03. The smallest absolute Gasteiger partial charge is 0.270 e. The first kappa shape index (κ1) is 24.1. The maximum Gasteiger partial charge on any atom is 0.270 e. The second kappa shape index (κ2) is 9.53. The molecule has 3 aromatic rings. The minimum atomic E-state index is -0.355. The Morgan fingerprint density at radius 2 is 1.79 bits per heavy atom. The summed E-state index contributed by atoms with van der Waals surface area (Å²) >= 11 is 0. The van der Waals surface area contributed by atoms with Crippen LogP contribution in [0.25, 0.3) is 11.0 Å². The fourth-order valence-electron chi connectivity index (χ4n) is 5.80. The summed E-state index contributed by atoms with van der Waals surface area (Å²) in [5, 5.41) is 19.4. The summed E-state index contributed by atoms with van der Waals surface area (Å²) in [4.78, 5) is 26.7. The highest BCUT2D eigenvalue weighted by Crippen LogP contribution is 2.40. The molecular weight excluding hydrogens is 482 g/mol. The van der Waals surface area contributed by atoms with E-state index in [1.807, 2.05) is 18.0 Å². The monoisotopic (exact) mass is 511 g/mol. The zero-order chi connectivity index (χ0) is 26.4. The number of pyridine rings is 3. The maximum atomic E-state index is 13.1. The Balaban J connectivity index is 1.27. The predicted molar refractivity (Wildman–Crippen MR) is 141 cm³/mol. The van der Waals surface area contributed by atoms with Crippen molar-refractivity contribution in [3.05, 3.63) is 46.0 Å². The lowest BCUT2D eigenvalue weighted by atomic mass is 9.88. The molecule has 0 saturated heterocycles. The second-order valence-corrected chi connectivity index (χ2v) is 10.4. The molecule has 4 heterocycles. The molecule has 0 amide bonds. The van der Waals surface area contributed by atoms with Gasteiger partial charge in [0.05, 0.1) is 17.4 Å². The van der Waals surface area contributed by atoms with E-state index in [4.69, 9.17) is 14.5 Å². The van der Waals surface area contributed by atoms with Crippen molar-refractivity contribution in [2.75, 3.05) is 30.2 Å². The molecule has 3 aliphatic rings. The van der Waals surface area contributed by atoms with Crippen LogP contribution in [-0.4, -0.2) is 47.0 Å². The molecule has 0 N–H and O–H groups in total. The van der Waals surface area contributed by atoms with E-state index in [-0.39, 0.29) is 29.7 Å². The number of ether oxygens (including phenoxy) is 2. The first-order valence-corrected chi connectivity index (χ1v) is 13.1. The van der Waals surface area contributed by atoms with Crippen molar-refractivity contribution < 1.29 is 9.47 Å². The van der Waals surface area contributed by atoms with Gasteiger partial charge in [0.1, 0.15) is 34.7 Å². The molecule has 2 fully saturated rings. The van der Waals surface area contributed by atoms with E-state index >= 15 is 0 Å². The van der Waals surface area contributed by atoms with Gasteiger partial charge < -0.3 is 23.8 Å².